The van der Waals surface area contributed by atoms with Crippen LogP contribution in [0.4, 0.5) is 0 Å². The van der Waals surface area contributed by atoms with E-state index in [1.807, 2.05) is 18.2 Å². The Morgan fingerprint density at radius 3 is 2.09 bits per heavy atom. The van der Waals surface area contributed by atoms with E-state index in [1.54, 1.807) is 0 Å². The van der Waals surface area contributed by atoms with E-state index < -0.39 is 0 Å². The van der Waals surface area contributed by atoms with E-state index in [1.165, 1.54) is 66.1 Å². The maximum absolute atomic E-state index is 9.39. The molecule has 0 saturated heterocycles. The summed E-state index contributed by atoms with van der Waals surface area (Å²) in [5.74, 6) is 0.135. The molecule has 0 aliphatic heterocycles. The number of benzene rings is 8. The summed E-state index contributed by atoms with van der Waals surface area (Å²) in [5, 5.41) is 15.4. The molecule has 0 bridgehead atoms. The Hall–Kier alpha value is -7.37. The van der Waals surface area contributed by atoms with Crippen molar-refractivity contribution in [2.24, 2.45) is 4.99 Å². The number of aromatic amines is 1. The third-order valence-electron chi connectivity index (χ3n) is 12.4. The van der Waals surface area contributed by atoms with Crippen molar-refractivity contribution in [1.82, 2.24) is 14.5 Å². The molecule has 2 N–H and O–H groups in total. The highest BCUT2D eigenvalue weighted by Crippen LogP contribution is 2.52. The topological polar surface area (TPSA) is 69.8 Å². The van der Waals surface area contributed by atoms with Crippen molar-refractivity contribution in [3.05, 3.63) is 186 Å². The molecule has 2 heterocycles. The highest BCUT2D eigenvalue weighted by Gasteiger charge is 2.37. The summed E-state index contributed by atoms with van der Waals surface area (Å²) in [5.41, 5.74) is 17.1. The van der Waals surface area contributed by atoms with Gasteiger partial charge in [0.2, 0.25) is 5.62 Å². The van der Waals surface area contributed by atoms with Gasteiger partial charge in [-0.2, -0.15) is 4.99 Å². The zero-order chi connectivity index (χ0) is 38.0. The summed E-state index contributed by atoms with van der Waals surface area (Å²) in [7, 11) is 0. The molecule has 0 amide bonds. The Morgan fingerprint density at radius 2 is 1.23 bits per heavy atom. The van der Waals surface area contributed by atoms with Crippen LogP contribution in [-0.4, -0.2) is 20.4 Å². The molecule has 268 valence electrons. The number of fused-ring (bicyclic) bond motifs is 7. The lowest BCUT2D eigenvalue weighted by molar-refractivity contribution is 0.660. The van der Waals surface area contributed by atoms with Crippen LogP contribution < -0.4 is 5.62 Å². The van der Waals surface area contributed by atoms with Crippen LogP contribution in [0.5, 0.6) is 0 Å². The molecule has 12 rings (SSSR count). The predicted octanol–water partition coefficient (Wildman–Crippen LogP) is 12.4. The van der Waals surface area contributed by atoms with Crippen molar-refractivity contribution in [3.63, 3.8) is 0 Å². The predicted molar refractivity (Wildman–Crippen MR) is 234 cm³/mol. The summed E-state index contributed by atoms with van der Waals surface area (Å²) in [6, 6.07) is 58.3. The first-order valence-electron chi connectivity index (χ1n) is 19.5. The standard InChI is InChI=1S/C52H35N5/c1-52(2)40-23-7-5-18-37(40)46-39(22-11-24-41(46)52)49-38-19-6-8-25-42(38)54-51(55-49)56-50(53)31-14-9-15-32(29-31)57-43-26-12-21-36-34-17-4-3-16-33(34)35-20-10-13-30-27-28-44(57)48(45(30)35)47(36)43/h3-29H,1-2H3,(H2,53,54,55,56). The molecule has 57 heavy (non-hydrogen) atoms. The number of nitrogens with one attached hydrogen (secondary N) is 2. The van der Waals surface area contributed by atoms with Crippen LogP contribution in [0.3, 0.4) is 0 Å². The summed E-state index contributed by atoms with van der Waals surface area (Å²) in [6.45, 7) is 4.60. The maximum Gasteiger partial charge on any atom is 0.229 e. The minimum Gasteiger partial charge on any atom is -0.323 e. The van der Waals surface area contributed by atoms with E-state index in [0.717, 1.165) is 38.9 Å². The fourth-order valence-corrected chi connectivity index (χ4v) is 9.89. The molecule has 5 nitrogen and oxygen atoms in total. The fourth-order valence-electron chi connectivity index (χ4n) is 9.89. The molecular weight excluding hydrogens is 695 g/mol. The molecule has 2 aromatic heterocycles. The zero-order valence-corrected chi connectivity index (χ0v) is 31.4. The highest BCUT2D eigenvalue weighted by atomic mass is 15.0. The van der Waals surface area contributed by atoms with Crippen LogP contribution in [0.15, 0.2) is 169 Å². The van der Waals surface area contributed by atoms with E-state index >= 15 is 0 Å². The third-order valence-corrected chi connectivity index (χ3v) is 12.4. The SMILES string of the molecule is CC1(C)c2ccccc2-c2c(-c3nc(=NC(=N)c4cccc(-n5c6cccc7c6c6c8c(cccc8ccc65)-c5ccccc5-7)c4)[nH]c4ccccc34)cccc21. The lowest BCUT2D eigenvalue weighted by Crippen LogP contribution is -2.17. The van der Waals surface area contributed by atoms with Gasteiger partial charge in [0.1, 0.15) is 0 Å². The maximum atomic E-state index is 9.39. The van der Waals surface area contributed by atoms with Gasteiger partial charge in [-0.05, 0) is 85.6 Å². The van der Waals surface area contributed by atoms with Crippen molar-refractivity contribution in [1.29, 1.82) is 5.41 Å². The van der Waals surface area contributed by atoms with Gasteiger partial charge in [0.25, 0.3) is 0 Å². The van der Waals surface area contributed by atoms with Crippen molar-refractivity contribution in [2.45, 2.75) is 19.3 Å². The molecule has 0 fully saturated rings. The molecule has 0 atom stereocenters. The van der Waals surface area contributed by atoms with Crippen LogP contribution >= 0.6 is 0 Å². The molecule has 10 aromatic rings. The van der Waals surface area contributed by atoms with Gasteiger partial charge in [0.15, 0.2) is 5.84 Å². The number of rotatable bonds is 3. The van der Waals surface area contributed by atoms with Crippen molar-refractivity contribution >= 4 is 49.3 Å². The van der Waals surface area contributed by atoms with Crippen LogP contribution in [0, 0.1) is 5.41 Å². The first kappa shape index (κ1) is 31.9. The number of H-pyrrole nitrogens is 1. The van der Waals surface area contributed by atoms with Crippen LogP contribution in [0.25, 0.3) is 93.8 Å². The molecule has 8 aromatic carbocycles. The average Bonchev–Trinajstić information content (AvgIpc) is 3.67. The summed E-state index contributed by atoms with van der Waals surface area (Å²) in [6.07, 6.45) is 0. The Balaban J connectivity index is 1.03. The fraction of sp³-hybridized carbons (Fsp3) is 0.0577. The first-order chi connectivity index (χ1) is 28.0. The first-order valence-corrected chi connectivity index (χ1v) is 19.5. The Bertz CT molecular complexity index is 3470. The van der Waals surface area contributed by atoms with Gasteiger partial charge in [-0.15, -0.1) is 0 Å². The van der Waals surface area contributed by atoms with Crippen molar-refractivity contribution < 1.29 is 0 Å². The number of hydrogen-bond donors (Lipinski definition) is 2. The minimum absolute atomic E-state index is 0.131. The quantitative estimate of drug-likeness (QED) is 0.138. The Kier molecular flexibility index (Phi) is 6.48. The van der Waals surface area contributed by atoms with Gasteiger partial charge < -0.3 is 9.55 Å². The van der Waals surface area contributed by atoms with Gasteiger partial charge in [-0.3, -0.25) is 5.41 Å². The van der Waals surface area contributed by atoms with E-state index in [2.05, 4.69) is 169 Å². The minimum atomic E-state index is -0.131. The highest BCUT2D eigenvalue weighted by molar-refractivity contribution is 6.30. The largest absolute Gasteiger partial charge is 0.323 e. The smallest absolute Gasteiger partial charge is 0.229 e. The van der Waals surface area contributed by atoms with Crippen molar-refractivity contribution in [3.8, 4) is 50.3 Å². The second-order valence-corrected chi connectivity index (χ2v) is 15.8. The van der Waals surface area contributed by atoms with Crippen LogP contribution in [0.1, 0.15) is 30.5 Å². The summed E-state index contributed by atoms with van der Waals surface area (Å²) >= 11 is 0. The number of para-hydroxylation sites is 1. The molecular formula is C52H35N5. The number of nitrogens with zero attached hydrogens (tertiary/aromatic N) is 3. The van der Waals surface area contributed by atoms with E-state index in [0.29, 0.717) is 11.2 Å². The Morgan fingerprint density at radius 1 is 0.579 bits per heavy atom. The molecule has 0 saturated carbocycles. The Labute approximate surface area is 328 Å². The van der Waals surface area contributed by atoms with Gasteiger partial charge in [-0.25, -0.2) is 4.98 Å². The number of aromatic nitrogens is 3. The second-order valence-electron chi connectivity index (χ2n) is 15.8. The third kappa shape index (κ3) is 4.42. The van der Waals surface area contributed by atoms with Gasteiger partial charge in [-0.1, -0.05) is 147 Å². The van der Waals surface area contributed by atoms with Gasteiger partial charge in [0, 0.05) is 38.4 Å². The lowest BCUT2D eigenvalue weighted by Gasteiger charge is -2.21. The molecule has 5 heteroatoms. The normalized spacial score (nSPS) is 13.8. The second kappa shape index (κ2) is 11.6. The van der Waals surface area contributed by atoms with Crippen LogP contribution in [-0.2, 0) is 5.41 Å². The average molecular weight is 730 g/mol. The zero-order valence-electron chi connectivity index (χ0n) is 31.4. The molecule has 2 aliphatic carbocycles. The lowest BCUT2D eigenvalue weighted by atomic mass is 9.82. The van der Waals surface area contributed by atoms with Gasteiger partial charge >= 0.3 is 0 Å². The van der Waals surface area contributed by atoms with Crippen molar-refractivity contribution in [2.75, 3.05) is 0 Å². The number of hydrogen-bond acceptors (Lipinski definition) is 2. The molecule has 2 aliphatic rings. The monoisotopic (exact) mass is 729 g/mol. The summed E-state index contributed by atoms with van der Waals surface area (Å²) < 4.78 is 2.35. The van der Waals surface area contributed by atoms with Crippen LogP contribution in [0.2, 0.25) is 0 Å². The van der Waals surface area contributed by atoms with E-state index in [-0.39, 0.29) is 11.3 Å². The van der Waals surface area contributed by atoms with Gasteiger partial charge in [0.05, 0.1) is 22.2 Å². The number of amidine groups is 1. The molecule has 0 radical (unpaired) electrons. The van der Waals surface area contributed by atoms with E-state index in [9.17, 15) is 5.41 Å². The summed E-state index contributed by atoms with van der Waals surface area (Å²) in [4.78, 5) is 13.5. The molecule has 0 spiro atoms. The van der Waals surface area contributed by atoms with E-state index in [4.69, 9.17) is 9.98 Å². The molecule has 0 unspecified atom stereocenters.